The van der Waals surface area contributed by atoms with Crippen LogP contribution < -0.4 is 9.64 Å². The topological polar surface area (TPSA) is 64.8 Å². The lowest BCUT2D eigenvalue weighted by molar-refractivity contribution is -0.146. The molecular formula is C31H32N2O4. The molecule has 1 aliphatic rings. The van der Waals surface area contributed by atoms with Crippen LogP contribution in [0.25, 0.3) is 22.5 Å². The van der Waals surface area contributed by atoms with E-state index in [9.17, 15) is 4.79 Å². The van der Waals surface area contributed by atoms with E-state index in [1.807, 2.05) is 51.2 Å². The molecule has 0 amide bonds. The fraction of sp³-hybridized carbons (Fsp3) is 0.290. The summed E-state index contributed by atoms with van der Waals surface area (Å²) >= 11 is 0. The molecule has 0 aliphatic heterocycles. The highest BCUT2D eigenvalue weighted by Crippen LogP contribution is 2.49. The van der Waals surface area contributed by atoms with Crippen LogP contribution in [-0.2, 0) is 14.9 Å². The molecule has 1 heterocycles. The van der Waals surface area contributed by atoms with E-state index >= 15 is 0 Å². The van der Waals surface area contributed by atoms with Gasteiger partial charge in [-0.2, -0.15) is 0 Å². The number of hydrogen-bond donors (Lipinski definition) is 0. The maximum Gasteiger partial charge on any atom is 0.316 e. The summed E-state index contributed by atoms with van der Waals surface area (Å²) in [5, 5.41) is 4.23. The van der Waals surface area contributed by atoms with Gasteiger partial charge < -0.3 is 18.9 Å². The first kappa shape index (κ1) is 24.6. The van der Waals surface area contributed by atoms with Gasteiger partial charge in [-0.1, -0.05) is 71.9 Å². The maximum absolute atomic E-state index is 12.4. The van der Waals surface area contributed by atoms with Crippen LogP contribution in [0.4, 0.5) is 5.69 Å². The minimum atomic E-state index is -0.447. The molecule has 6 nitrogen and oxygen atoms in total. The van der Waals surface area contributed by atoms with Crippen LogP contribution in [0.2, 0.25) is 0 Å². The van der Waals surface area contributed by atoms with Gasteiger partial charge in [-0.15, -0.1) is 0 Å². The van der Waals surface area contributed by atoms with E-state index in [2.05, 4.69) is 58.6 Å². The van der Waals surface area contributed by atoms with Crippen molar-refractivity contribution in [3.05, 3.63) is 90.1 Å². The number of likely N-dealkylation sites (N-methyl/N-ethyl adjacent to an activating group) is 1. The average molecular weight is 497 g/mol. The highest BCUT2D eigenvalue weighted by Gasteiger charge is 2.52. The van der Waals surface area contributed by atoms with Gasteiger partial charge in [0.2, 0.25) is 0 Å². The normalized spacial score (nSPS) is 13.7. The second-order valence-corrected chi connectivity index (χ2v) is 9.49. The summed E-state index contributed by atoms with van der Waals surface area (Å²) < 4.78 is 16.9. The number of benzene rings is 3. The van der Waals surface area contributed by atoms with E-state index in [0.717, 1.165) is 58.0 Å². The number of para-hydroxylation sites is 1. The van der Waals surface area contributed by atoms with Crippen LogP contribution in [-0.4, -0.2) is 37.9 Å². The molecule has 3 aromatic carbocycles. The lowest BCUT2D eigenvalue weighted by atomic mass is 9.93. The van der Waals surface area contributed by atoms with Crippen molar-refractivity contribution in [3.63, 3.8) is 0 Å². The summed E-state index contributed by atoms with van der Waals surface area (Å²) in [6, 6.07) is 26.4. The molecule has 0 atom stereocenters. The Labute approximate surface area is 217 Å². The first-order chi connectivity index (χ1) is 18.0. The van der Waals surface area contributed by atoms with Gasteiger partial charge in [0.05, 0.1) is 18.6 Å². The molecule has 0 spiro atoms. The van der Waals surface area contributed by atoms with Crippen molar-refractivity contribution < 1.29 is 18.8 Å². The second kappa shape index (κ2) is 10.5. The smallest absolute Gasteiger partial charge is 0.316 e. The molecule has 1 fully saturated rings. The standard InChI is InChI=1S/C31H32N2O4/c1-4-35-30(34)31(18-19-31)26-16-14-24(15-17-26)23-10-12-25(13-11-23)29-28(22(2)32-37-29)33(3)20-21-36-27-8-6-5-7-9-27/h5-17H,4,18-21H2,1-3H3. The zero-order valence-corrected chi connectivity index (χ0v) is 21.6. The molecule has 1 aromatic heterocycles. The molecule has 0 bridgehead atoms. The number of nitrogens with zero attached hydrogens (tertiary/aromatic N) is 2. The number of anilines is 1. The van der Waals surface area contributed by atoms with E-state index in [0.29, 0.717) is 19.8 Å². The van der Waals surface area contributed by atoms with E-state index in [4.69, 9.17) is 14.0 Å². The summed E-state index contributed by atoms with van der Waals surface area (Å²) in [4.78, 5) is 14.5. The fourth-order valence-electron chi connectivity index (χ4n) is 4.73. The summed E-state index contributed by atoms with van der Waals surface area (Å²) in [7, 11) is 2.02. The number of rotatable bonds is 10. The number of aryl methyl sites for hydroxylation is 1. The Hall–Kier alpha value is -4.06. The van der Waals surface area contributed by atoms with Crippen molar-refractivity contribution in [3.8, 4) is 28.2 Å². The SMILES string of the molecule is CCOC(=O)C1(c2ccc(-c3ccc(-c4onc(C)c4N(C)CCOc4ccccc4)cc3)cc2)CC1. The molecule has 1 aliphatic carbocycles. The fourth-order valence-corrected chi connectivity index (χ4v) is 4.73. The highest BCUT2D eigenvalue weighted by atomic mass is 16.5. The Morgan fingerprint density at radius 2 is 1.57 bits per heavy atom. The van der Waals surface area contributed by atoms with E-state index in [1.54, 1.807) is 0 Å². The Bertz CT molecular complexity index is 1340. The summed E-state index contributed by atoms with van der Waals surface area (Å²) in [6.07, 6.45) is 1.71. The van der Waals surface area contributed by atoms with Gasteiger partial charge in [-0.05, 0) is 55.5 Å². The quantitative estimate of drug-likeness (QED) is 0.236. The van der Waals surface area contributed by atoms with Gasteiger partial charge in [0.25, 0.3) is 0 Å². The molecule has 0 unspecified atom stereocenters. The average Bonchev–Trinajstić information content (AvgIpc) is 3.66. The van der Waals surface area contributed by atoms with Crippen LogP contribution >= 0.6 is 0 Å². The summed E-state index contributed by atoms with van der Waals surface area (Å²) in [6.45, 7) is 5.46. The summed E-state index contributed by atoms with van der Waals surface area (Å²) in [5.74, 6) is 1.49. The lowest BCUT2D eigenvalue weighted by Gasteiger charge is -2.19. The molecule has 190 valence electrons. The van der Waals surface area contributed by atoms with E-state index in [-0.39, 0.29) is 5.97 Å². The van der Waals surface area contributed by atoms with Gasteiger partial charge in [0, 0.05) is 12.6 Å². The van der Waals surface area contributed by atoms with Crippen LogP contribution in [0.1, 0.15) is 31.0 Å². The van der Waals surface area contributed by atoms with Crippen molar-refractivity contribution in [1.82, 2.24) is 5.16 Å². The minimum absolute atomic E-state index is 0.109. The molecule has 37 heavy (non-hydrogen) atoms. The van der Waals surface area contributed by atoms with Crippen molar-refractivity contribution in [1.29, 1.82) is 0 Å². The van der Waals surface area contributed by atoms with E-state index in [1.165, 1.54) is 0 Å². The Morgan fingerprint density at radius 1 is 0.946 bits per heavy atom. The predicted octanol–water partition coefficient (Wildman–Crippen LogP) is 6.43. The third-order valence-corrected chi connectivity index (χ3v) is 6.99. The van der Waals surface area contributed by atoms with Crippen molar-refractivity contribution in [2.75, 3.05) is 31.7 Å². The molecule has 0 radical (unpaired) electrons. The number of esters is 1. The lowest BCUT2D eigenvalue weighted by Crippen LogP contribution is -2.24. The first-order valence-corrected chi connectivity index (χ1v) is 12.8. The third kappa shape index (κ3) is 5.10. The Morgan fingerprint density at radius 3 is 2.19 bits per heavy atom. The highest BCUT2D eigenvalue weighted by molar-refractivity contribution is 5.87. The number of carbonyl (C=O) groups excluding carboxylic acids is 1. The monoisotopic (exact) mass is 496 g/mol. The number of hydrogen-bond acceptors (Lipinski definition) is 6. The van der Waals surface area contributed by atoms with Gasteiger partial charge in [-0.25, -0.2) is 0 Å². The number of ether oxygens (including phenoxy) is 2. The van der Waals surface area contributed by atoms with Crippen LogP contribution in [0.5, 0.6) is 5.75 Å². The Balaban J connectivity index is 1.28. The largest absolute Gasteiger partial charge is 0.492 e. The zero-order chi connectivity index (χ0) is 25.8. The van der Waals surface area contributed by atoms with Gasteiger partial charge >= 0.3 is 5.97 Å². The van der Waals surface area contributed by atoms with Gasteiger partial charge in [-0.3, -0.25) is 4.79 Å². The minimum Gasteiger partial charge on any atom is -0.492 e. The van der Waals surface area contributed by atoms with Crippen molar-refractivity contribution in [2.45, 2.75) is 32.1 Å². The number of carbonyl (C=O) groups is 1. The number of aromatic nitrogens is 1. The van der Waals surface area contributed by atoms with Crippen LogP contribution in [0, 0.1) is 6.92 Å². The van der Waals surface area contributed by atoms with Crippen LogP contribution in [0.15, 0.2) is 83.4 Å². The molecule has 6 heteroatoms. The maximum atomic E-state index is 12.4. The first-order valence-electron chi connectivity index (χ1n) is 12.8. The zero-order valence-electron chi connectivity index (χ0n) is 21.6. The molecule has 4 aromatic rings. The molecule has 5 rings (SSSR count). The van der Waals surface area contributed by atoms with Crippen molar-refractivity contribution in [2.24, 2.45) is 0 Å². The summed E-state index contributed by atoms with van der Waals surface area (Å²) in [5.41, 5.74) is 5.54. The third-order valence-electron chi connectivity index (χ3n) is 6.99. The van der Waals surface area contributed by atoms with Gasteiger partial charge in [0.1, 0.15) is 23.7 Å². The predicted molar refractivity (Wildman–Crippen MR) is 145 cm³/mol. The van der Waals surface area contributed by atoms with Crippen LogP contribution in [0.3, 0.4) is 0 Å². The molecule has 0 N–H and O–H groups in total. The van der Waals surface area contributed by atoms with E-state index < -0.39 is 5.41 Å². The molecule has 0 saturated heterocycles. The van der Waals surface area contributed by atoms with Crippen molar-refractivity contribution >= 4 is 11.7 Å². The second-order valence-electron chi connectivity index (χ2n) is 9.49. The Kier molecular flexibility index (Phi) is 6.99. The van der Waals surface area contributed by atoms with Gasteiger partial charge in [0.15, 0.2) is 5.76 Å². The molecule has 1 saturated carbocycles. The molecular weight excluding hydrogens is 464 g/mol.